The van der Waals surface area contributed by atoms with Gasteiger partial charge in [-0.05, 0) is 29.3 Å². The Kier molecular flexibility index (Phi) is 4.03. The van der Waals surface area contributed by atoms with Gasteiger partial charge in [0.15, 0.2) is 0 Å². The number of ether oxygens (including phenoxy) is 2. The van der Waals surface area contributed by atoms with Crippen molar-refractivity contribution in [2.45, 2.75) is 17.4 Å². The average Bonchev–Trinajstić information content (AvgIpc) is 2.90. The molecule has 20 heavy (non-hydrogen) atoms. The van der Waals surface area contributed by atoms with Gasteiger partial charge in [0.1, 0.15) is 17.6 Å². The first-order chi connectivity index (χ1) is 9.69. The zero-order valence-corrected chi connectivity index (χ0v) is 14.1. The molecule has 0 saturated heterocycles. The fourth-order valence-corrected chi connectivity index (χ4v) is 4.04. The van der Waals surface area contributed by atoms with Crippen LogP contribution in [0.1, 0.15) is 16.0 Å². The largest absolute Gasteiger partial charge is 0.497 e. The van der Waals surface area contributed by atoms with Crippen LogP contribution in [0.3, 0.4) is 0 Å². The van der Waals surface area contributed by atoms with Crippen molar-refractivity contribution >= 4 is 31.9 Å². The molecule has 1 aliphatic rings. The van der Waals surface area contributed by atoms with E-state index in [1.54, 1.807) is 7.11 Å². The molecule has 2 atom stereocenters. The Morgan fingerprint density at radius 1 is 1.25 bits per heavy atom. The maximum Gasteiger partial charge on any atom is 0.123 e. The maximum atomic E-state index is 6.04. The summed E-state index contributed by atoms with van der Waals surface area (Å²) in [5.41, 5.74) is 2.44. The number of fused-ring (bicyclic) bond motifs is 1. The van der Waals surface area contributed by atoms with Gasteiger partial charge >= 0.3 is 0 Å². The summed E-state index contributed by atoms with van der Waals surface area (Å²) < 4.78 is 12.3. The summed E-state index contributed by atoms with van der Waals surface area (Å²) in [6.07, 6.45) is 1.03. The second kappa shape index (κ2) is 5.78. The summed E-state index contributed by atoms with van der Waals surface area (Å²) in [6.45, 7) is 0. The number of methoxy groups -OCH3 is 1. The highest BCUT2D eigenvalue weighted by Gasteiger charge is 2.30. The molecule has 0 fully saturated rings. The molecule has 0 N–H and O–H groups in total. The van der Waals surface area contributed by atoms with Crippen LogP contribution >= 0.6 is 31.9 Å². The number of hydrogen-bond acceptors (Lipinski definition) is 2. The number of rotatable bonds is 3. The second-order valence-corrected chi connectivity index (χ2v) is 6.60. The van der Waals surface area contributed by atoms with Crippen LogP contribution in [0, 0.1) is 0 Å². The van der Waals surface area contributed by atoms with Gasteiger partial charge in [-0.3, -0.25) is 0 Å². The van der Waals surface area contributed by atoms with Crippen LogP contribution in [0.25, 0.3) is 0 Å². The summed E-state index contributed by atoms with van der Waals surface area (Å²) in [7, 11) is 1.67. The topological polar surface area (TPSA) is 18.5 Å². The minimum Gasteiger partial charge on any atom is -0.497 e. The molecule has 0 radical (unpaired) electrons. The molecule has 0 spiro atoms. The number of hydrogen-bond donors (Lipinski definition) is 0. The molecular formula is C16H14Br2O2. The fraction of sp³-hybridized carbons (Fsp3) is 0.250. The Labute approximate surface area is 135 Å². The third-order valence-corrected chi connectivity index (χ3v) is 5.27. The van der Waals surface area contributed by atoms with E-state index in [2.05, 4.69) is 50.1 Å². The quantitative estimate of drug-likeness (QED) is 0.686. The third-order valence-electron chi connectivity index (χ3n) is 3.50. The molecule has 4 heteroatoms. The molecule has 0 amide bonds. The van der Waals surface area contributed by atoms with E-state index in [-0.39, 0.29) is 10.9 Å². The molecule has 0 bridgehead atoms. The van der Waals surface area contributed by atoms with Gasteiger partial charge in [-0.15, -0.1) is 0 Å². The highest BCUT2D eigenvalue weighted by Crippen LogP contribution is 2.41. The van der Waals surface area contributed by atoms with Gasteiger partial charge in [0, 0.05) is 10.9 Å². The lowest BCUT2D eigenvalue weighted by atomic mass is 10.0. The van der Waals surface area contributed by atoms with Crippen molar-refractivity contribution in [1.29, 1.82) is 0 Å². The van der Waals surface area contributed by atoms with Gasteiger partial charge in [-0.25, -0.2) is 0 Å². The van der Waals surface area contributed by atoms with E-state index in [4.69, 9.17) is 9.47 Å². The monoisotopic (exact) mass is 396 g/mol. The zero-order valence-electron chi connectivity index (χ0n) is 11.0. The maximum absolute atomic E-state index is 6.04. The minimum absolute atomic E-state index is 0.108. The number of benzene rings is 2. The van der Waals surface area contributed by atoms with Crippen molar-refractivity contribution < 1.29 is 9.47 Å². The van der Waals surface area contributed by atoms with E-state index >= 15 is 0 Å². The van der Waals surface area contributed by atoms with E-state index < -0.39 is 0 Å². The average molecular weight is 398 g/mol. The number of alkyl halides is 1. The molecule has 3 rings (SSSR count). The smallest absolute Gasteiger partial charge is 0.123 e. The lowest BCUT2D eigenvalue weighted by Gasteiger charge is -2.19. The van der Waals surface area contributed by atoms with Gasteiger partial charge in [0.05, 0.1) is 11.9 Å². The molecule has 1 aliphatic heterocycles. The molecule has 0 saturated carbocycles. The zero-order chi connectivity index (χ0) is 14.1. The highest BCUT2D eigenvalue weighted by molar-refractivity contribution is 9.11. The minimum atomic E-state index is 0.108. The van der Waals surface area contributed by atoms with Crippen molar-refractivity contribution in [3.63, 3.8) is 0 Å². The van der Waals surface area contributed by atoms with Crippen LogP contribution in [0.2, 0.25) is 0 Å². The predicted octanol–water partition coefficient (Wildman–Crippen LogP) is 4.90. The second-order valence-electron chi connectivity index (χ2n) is 4.76. The summed E-state index contributed by atoms with van der Waals surface area (Å²) >= 11 is 7.38. The first-order valence-corrected chi connectivity index (χ1v) is 8.12. The molecule has 104 valence electrons. The molecule has 0 aliphatic carbocycles. The van der Waals surface area contributed by atoms with E-state index in [1.165, 1.54) is 11.1 Å². The Morgan fingerprint density at radius 2 is 2.05 bits per heavy atom. The standard InChI is InChI=1S/C16H14Br2O2/c1-19-11-6-7-12(13(17)9-11)16(18)15-8-10-4-2-3-5-14(10)20-15/h2-7,9,15-16H,8H2,1H3. The van der Waals surface area contributed by atoms with Crippen LogP contribution in [0.5, 0.6) is 11.5 Å². The Bertz CT molecular complexity index is 603. The first kappa shape index (κ1) is 14.0. The van der Waals surface area contributed by atoms with Gasteiger partial charge in [0.2, 0.25) is 0 Å². The van der Waals surface area contributed by atoms with Crippen molar-refractivity contribution in [2.75, 3.05) is 7.11 Å². The summed E-state index contributed by atoms with van der Waals surface area (Å²) in [4.78, 5) is 0.134. The highest BCUT2D eigenvalue weighted by atomic mass is 79.9. The predicted molar refractivity (Wildman–Crippen MR) is 86.9 cm³/mol. The lowest BCUT2D eigenvalue weighted by molar-refractivity contribution is 0.231. The molecule has 2 nitrogen and oxygen atoms in total. The van der Waals surface area contributed by atoms with Crippen molar-refractivity contribution in [3.05, 3.63) is 58.1 Å². The Morgan fingerprint density at radius 3 is 2.75 bits per heavy atom. The molecule has 2 aromatic carbocycles. The Hall–Kier alpha value is -1.00. The van der Waals surface area contributed by atoms with Crippen molar-refractivity contribution in [1.82, 2.24) is 0 Å². The van der Waals surface area contributed by atoms with Crippen LogP contribution in [0.4, 0.5) is 0 Å². The molecule has 0 aromatic heterocycles. The third kappa shape index (κ3) is 2.59. The summed E-state index contributed by atoms with van der Waals surface area (Å²) in [5.74, 6) is 1.84. The first-order valence-electron chi connectivity index (χ1n) is 6.41. The van der Waals surface area contributed by atoms with E-state index in [1.807, 2.05) is 24.3 Å². The van der Waals surface area contributed by atoms with Gasteiger partial charge in [-0.1, -0.05) is 56.1 Å². The number of halogens is 2. The van der Waals surface area contributed by atoms with Crippen molar-refractivity contribution in [2.24, 2.45) is 0 Å². The van der Waals surface area contributed by atoms with Crippen molar-refractivity contribution in [3.8, 4) is 11.5 Å². The number of para-hydroxylation sites is 1. The van der Waals surface area contributed by atoms with E-state index in [0.717, 1.165) is 22.4 Å². The van der Waals surface area contributed by atoms with Crippen LogP contribution in [0.15, 0.2) is 46.9 Å². The van der Waals surface area contributed by atoms with E-state index in [9.17, 15) is 0 Å². The SMILES string of the molecule is COc1ccc(C(Br)C2Cc3ccccc3O2)c(Br)c1. The lowest BCUT2D eigenvalue weighted by Crippen LogP contribution is -2.19. The van der Waals surface area contributed by atoms with Crippen LogP contribution < -0.4 is 9.47 Å². The van der Waals surface area contributed by atoms with E-state index in [0.29, 0.717) is 0 Å². The fourth-order valence-electron chi connectivity index (χ4n) is 2.43. The Balaban J connectivity index is 1.82. The van der Waals surface area contributed by atoms with Crippen LogP contribution in [-0.4, -0.2) is 13.2 Å². The molecule has 2 unspecified atom stereocenters. The normalized spacial score (nSPS) is 18.2. The molecule has 1 heterocycles. The molecular weight excluding hydrogens is 384 g/mol. The van der Waals surface area contributed by atoms with Gasteiger partial charge in [0.25, 0.3) is 0 Å². The van der Waals surface area contributed by atoms with Gasteiger partial charge < -0.3 is 9.47 Å². The van der Waals surface area contributed by atoms with Crippen LogP contribution in [-0.2, 0) is 6.42 Å². The summed E-state index contributed by atoms with van der Waals surface area (Å²) in [5, 5.41) is 0. The van der Waals surface area contributed by atoms with Gasteiger partial charge in [-0.2, -0.15) is 0 Å². The molecule has 2 aromatic rings. The summed E-state index contributed by atoms with van der Waals surface area (Å²) in [6, 6.07) is 14.2.